The summed E-state index contributed by atoms with van der Waals surface area (Å²) < 4.78 is 75.3. The maximum Gasteiger partial charge on any atom is 0.264 e. The molecule has 0 aliphatic rings. The van der Waals surface area contributed by atoms with E-state index in [9.17, 15) is 16.8 Å². The Balaban J connectivity index is 3.34. The molecule has 0 fully saturated rings. The average molecular weight is 450 g/mol. The van der Waals surface area contributed by atoms with E-state index in [1.807, 2.05) is 6.92 Å². The Labute approximate surface area is 169 Å². The summed E-state index contributed by atoms with van der Waals surface area (Å²) in [7, 11) is -7.07. The van der Waals surface area contributed by atoms with E-state index in [4.69, 9.17) is 23.5 Å². The molecule has 0 saturated carbocycles. The summed E-state index contributed by atoms with van der Waals surface area (Å²) in [6.07, 6.45) is 2.87. The molecule has 0 amide bonds. The van der Waals surface area contributed by atoms with E-state index in [0.29, 0.717) is 78.8 Å². The summed E-state index contributed by atoms with van der Waals surface area (Å²) >= 11 is 0. The van der Waals surface area contributed by atoms with Crippen LogP contribution in [-0.4, -0.2) is 104 Å². The predicted molar refractivity (Wildman–Crippen MR) is 106 cm³/mol. The van der Waals surface area contributed by atoms with Crippen molar-refractivity contribution in [2.24, 2.45) is 0 Å². The Bertz CT molecular complexity index is 567. The molecule has 12 heteroatoms. The first-order valence-corrected chi connectivity index (χ1v) is 12.8. The van der Waals surface area contributed by atoms with Crippen molar-refractivity contribution >= 4 is 20.1 Å². The molecule has 0 atom stereocenters. The van der Waals surface area contributed by atoms with Crippen LogP contribution in [0, 0.1) is 0 Å². The van der Waals surface area contributed by atoms with E-state index in [0.717, 1.165) is 6.42 Å². The minimum atomic E-state index is -3.88. The van der Waals surface area contributed by atoms with Crippen molar-refractivity contribution in [3.05, 3.63) is 0 Å². The van der Waals surface area contributed by atoms with E-state index in [-0.39, 0.29) is 5.75 Å². The van der Waals surface area contributed by atoms with Gasteiger partial charge < -0.3 is 18.9 Å². The molecule has 0 unspecified atom stereocenters. The third kappa shape index (κ3) is 19.0. The zero-order valence-corrected chi connectivity index (χ0v) is 18.5. The fraction of sp³-hybridized carbons (Fsp3) is 1.00. The first-order valence-electron chi connectivity index (χ1n) is 9.38. The average Bonchev–Trinajstić information content (AvgIpc) is 2.58. The highest BCUT2D eigenvalue weighted by molar-refractivity contribution is 7.88. The van der Waals surface area contributed by atoms with Crippen molar-refractivity contribution in [3.8, 4) is 0 Å². The minimum absolute atomic E-state index is 0.247. The van der Waals surface area contributed by atoms with Gasteiger partial charge in [0.15, 0.2) is 0 Å². The van der Waals surface area contributed by atoms with Crippen LogP contribution in [0.5, 0.6) is 0 Å². The van der Waals surface area contributed by atoms with Crippen LogP contribution in [0.25, 0.3) is 0 Å². The van der Waals surface area contributed by atoms with Gasteiger partial charge in [0.05, 0.1) is 58.3 Å². The van der Waals surface area contributed by atoms with Crippen LogP contribution in [0.1, 0.15) is 26.2 Å². The van der Waals surface area contributed by atoms with Crippen molar-refractivity contribution in [1.29, 1.82) is 0 Å². The number of hydrogen-bond acceptors (Lipinski definition) is 8. The maximum absolute atomic E-state index is 11.5. The SMILES string of the molecule is CCCN(CCOCCOCCOCCOCCCCS(=O)(=O)O)S(C)(=O)=O. The zero-order valence-electron chi connectivity index (χ0n) is 16.9. The van der Waals surface area contributed by atoms with E-state index in [1.165, 1.54) is 10.6 Å². The van der Waals surface area contributed by atoms with Crippen molar-refractivity contribution in [1.82, 2.24) is 4.31 Å². The molecule has 0 saturated heterocycles. The summed E-state index contributed by atoms with van der Waals surface area (Å²) in [4.78, 5) is 0. The molecule has 0 rings (SSSR count). The van der Waals surface area contributed by atoms with E-state index >= 15 is 0 Å². The van der Waals surface area contributed by atoms with E-state index < -0.39 is 20.1 Å². The second kappa shape index (κ2) is 16.5. The van der Waals surface area contributed by atoms with Gasteiger partial charge in [0.1, 0.15) is 0 Å². The summed E-state index contributed by atoms with van der Waals surface area (Å²) in [5.74, 6) is -0.247. The quantitative estimate of drug-likeness (QED) is 0.207. The summed E-state index contributed by atoms with van der Waals surface area (Å²) in [5.41, 5.74) is 0. The highest BCUT2D eigenvalue weighted by Gasteiger charge is 2.14. The van der Waals surface area contributed by atoms with Crippen molar-refractivity contribution in [3.63, 3.8) is 0 Å². The van der Waals surface area contributed by atoms with Gasteiger partial charge in [-0.05, 0) is 19.3 Å². The first kappa shape index (κ1) is 27.7. The van der Waals surface area contributed by atoms with E-state index in [2.05, 4.69) is 0 Å². The van der Waals surface area contributed by atoms with Gasteiger partial charge in [-0.2, -0.15) is 12.7 Å². The summed E-state index contributed by atoms with van der Waals surface area (Å²) in [6, 6.07) is 0. The Morgan fingerprint density at radius 1 is 0.714 bits per heavy atom. The van der Waals surface area contributed by atoms with Crippen LogP contribution in [0.2, 0.25) is 0 Å². The molecule has 1 N–H and O–H groups in total. The molecule has 0 aliphatic heterocycles. The smallest absolute Gasteiger partial charge is 0.264 e. The minimum Gasteiger partial charge on any atom is -0.379 e. The van der Waals surface area contributed by atoms with Gasteiger partial charge in [-0.3, -0.25) is 4.55 Å². The third-order valence-corrected chi connectivity index (χ3v) is 5.59. The van der Waals surface area contributed by atoms with Crippen molar-refractivity contribution in [2.75, 3.05) is 78.0 Å². The number of hydrogen-bond donors (Lipinski definition) is 1. The van der Waals surface area contributed by atoms with Crippen LogP contribution < -0.4 is 0 Å². The van der Waals surface area contributed by atoms with Crippen LogP contribution in [-0.2, 0) is 39.1 Å². The van der Waals surface area contributed by atoms with Gasteiger partial charge in [-0.15, -0.1) is 0 Å². The largest absolute Gasteiger partial charge is 0.379 e. The second-order valence-corrected chi connectivity index (χ2v) is 9.66. The maximum atomic E-state index is 11.5. The fourth-order valence-corrected chi connectivity index (χ4v) is 3.60. The fourth-order valence-electron chi connectivity index (χ4n) is 2.11. The second-order valence-electron chi connectivity index (χ2n) is 6.10. The molecule has 0 bridgehead atoms. The van der Waals surface area contributed by atoms with Crippen molar-refractivity contribution < 1.29 is 40.3 Å². The molecule has 0 heterocycles. The third-order valence-electron chi connectivity index (χ3n) is 3.48. The van der Waals surface area contributed by atoms with Crippen LogP contribution in [0.15, 0.2) is 0 Å². The topological polar surface area (TPSA) is 129 Å². The van der Waals surface area contributed by atoms with Gasteiger partial charge in [-0.1, -0.05) is 6.92 Å². The lowest BCUT2D eigenvalue weighted by molar-refractivity contribution is -0.00269. The summed E-state index contributed by atoms with van der Waals surface area (Å²) in [6.45, 7) is 5.95. The first-order chi connectivity index (χ1) is 13.2. The number of sulfonamides is 1. The Morgan fingerprint density at radius 2 is 1.18 bits per heavy atom. The molecule has 0 aromatic carbocycles. The monoisotopic (exact) mass is 449 g/mol. The molecule has 0 radical (unpaired) electrons. The normalized spacial score (nSPS) is 12.7. The standard InChI is InChI=1S/C16H35NO9S2/c1-3-6-17(27(2,18)19)7-9-24-11-13-26-15-14-25-12-10-23-8-4-5-16-28(20,21)22/h3-16H2,1-2H3,(H,20,21,22). The van der Waals surface area contributed by atoms with Gasteiger partial charge >= 0.3 is 0 Å². The highest BCUT2D eigenvalue weighted by atomic mass is 32.2. The highest BCUT2D eigenvalue weighted by Crippen LogP contribution is 1.99. The molecular formula is C16H35NO9S2. The van der Waals surface area contributed by atoms with Crippen molar-refractivity contribution in [2.45, 2.75) is 26.2 Å². The van der Waals surface area contributed by atoms with Gasteiger partial charge in [0, 0.05) is 19.7 Å². The number of nitrogens with zero attached hydrogens (tertiary/aromatic N) is 1. The molecule has 28 heavy (non-hydrogen) atoms. The van der Waals surface area contributed by atoms with Crippen LogP contribution >= 0.6 is 0 Å². The lowest BCUT2D eigenvalue weighted by atomic mass is 10.4. The van der Waals surface area contributed by atoms with Gasteiger partial charge in [-0.25, -0.2) is 8.42 Å². The molecule has 0 aromatic heterocycles. The predicted octanol–water partition coefficient (Wildman–Crippen LogP) is 0.392. The number of unbranched alkanes of at least 4 members (excludes halogenated alkanes) is 1. The van der Waals surface area contributed by atoms with Gasteiger partial charge in [0.25, 0.3) is 10.1 Å². The molecule has 0 aromatic rings. The molecule has 10 nitrogen and oxygen atoms in total. The van der Waals surface area contributed by atoms with Crippen LogP contribution in [0.3, 0.4) is 0 Å². The molecule has 170 valence electrons. The number of rotatable bonds is 20. The lowest BCUT2D eigenvalue weighted by Crippen LogP contribution is -2.34. The van der Waals surface area contributed by atoms with E-state index in [1.54, 1.807) is 0 Å². The zero-order chi connectivity index (χ0) is 21.3. The Hall–Kier alpha value is -0.340. The number of ether oxygens (including phenoxy) is 4. The molecule has 0 aliphatic carbocycles. The lowest BCUT2D eigenvalue weighted by Gasteiger charge is -2.18. The molecular weight excluding hydrogens is 414 g/mol. The Morgan fingerprint density at radius 3 is 1.61 bits per heavy atom. The Kier molecular flexibility index (Phi) is 16.3. The van der Waals surface area contributed by atoms with Crippen LogP contribution in [0.4, 0.5) is 0 Å². The molecule has 0 spiro atoms. The van der Waals surface area contributed by atoms with Gasteiger partial charge in [0.2, 0.25) is 10.0 Å². The summed E-state index contributed by atoms with van der Waals surface area (Å²) in [5, 5.41) is 0.